The number of nitrogens with two attached hydrogens (primary N) is 1. The number of allylic oxidation sites excluding steroid dienone is 2. The van der Waals surface area contributed by atoms with Gasteiger partial charge in [0, 0.05) is 42.0 Å². The molecule has 2 aromatic heterocycles. The predicted molar refractivity (Wildman–Crippen MR) is 160 cm³/mol. The van der Waals surface area contributed by atoms with E-state index in [0.29, 0.717) is 23.5 Å². The Hall–Kier alpha value is -4.72. The number of nitrogens with zero attached hydrogens (tertiary/aromatic N) is 4. The van der Waals surface area contributed by atoms with Crippen molar-refractivity contribution >= 4 is 45.6 Å². The minimum absolute atomic E-state index is 0.0573. The standard InChI is InChI=1S/C32H32N6O2/c1-19(2)31(39)36-24-14-12-22(13-15-24)28-26(27-29(33)34-18-35-30(27)37(28)3)21-8-10-23(11-9-21)32(40)38-17-16-20-6-4-5-7-25(20)38/h4-8,12-15,18,23H,1,9-11,16-17H2,2-3H3,(H,36,39)(H2,33,34,35)/t23-/m0/s1. The number of aromatic nitrogens is 3. The van der Waals surface area contributed by atoms with Crippen LogP contribution in [0.25, 0.3) is 27.9 Å². The Kier molecular flexibility index (Phi) is 6.46. The maximum Gasteiger partial charge on any atom is 0.250 e. The zero-order chi connectivity index (χ0) is 28.0. The molecule has 40 heavy (non-hydrogen) atoms. The van der Waals surface area contributed by atoms with Crippen LogP contribution in [0.3, 0.4) is 0 Å². The maximum atomic E-state index is 13.5. The number of rotatable bonds is 5. The van der Waals surface area contributed by atoms with E-state index in [-0.39, 0.29) is 17.7 Å². The first-order chi connectivity index (χ1) is 19.3. The Morgan fingerprint density at radius 2 is 1.85 bits per heavy atom. The van der Waals surface area contributed by atoms with Crippen LogP contribution < -0.4 is 16.0 Å². The first-order valence-electron chi connectivity index (χ1n) is 13.6. The van der Waals surface area contributed by atoms with Gasteiger partial charge in [0.15, 0.2) is 0 Å². The van der Waals surface area contributed by atoms with Crippen LogP contribution in [0.1, 0.15) is 37.3 Å². The van der Waals surface area contributed by atoms with Gasteiger partial charge in [0.2, 0.25) is 5.91 Å². The van der Waals surface area contributed by atoms with Gasteiger partial charge < -0.3 is 20.5 Å². The van der Waals surface area contributed by atoms with Crippen LogP contribution in [0.15, 0.2) is 73.1 Å². The number of anilines is 3. The van der Waals surface area contributed by atoms with Gasteiger partial charge in [0.05, 0.1) is 11.1 Å². The molecule has 0 radical (unpaired) electrons. The molecule has 2 amide bonds. The van der Waals surface area contributed by atoms with E-state index in [4.69, 9.17) is 5.73 Å². The third-order valence-electron chi connectivity index (χ3n) is 8.03. The van der Waals surface area contributed by atoms with Crippen LogP contribution in [0.4, 0.5) is 17.2 Å². The van der Waals surface area contributed by atoms with Crippen LogP contribution in [0, 0.1) is 5.92 Å². The van der Waals surface area contributed by atoms with Gasteiger partial charge in [0.25, 0.3) is 5.91 Å². The summed E-state index contributed by atoms with van der Waals surface area (Å²) >= 11 is 0. The van der Waals surface area contributed by atoms with E-state index in [1.165, 1.54) is 11.9 Å². The normalized spacial score (nSPS) is 16.5. The lowest BCUT2D eigenvalue weighted by Crippen LogP contribution is -2.35. The zero-order valence-corrected chi connectivity index (χ0v) is 22.8. The molecule has 0 fully saturated rings. The van der Waals surface area contributed by atoms with Crippen LogP contribution >= 0.6 is 0 Å². The molecule has 0 saturated carbocycles. The highest BCUT2D eigenvalue weighted by molar-refractivity contribution is 6.05. The Morgan fingerprint density at radius 3 is 2.58 bits per heavy atom. The van der Waals surface area contributed by atoms with Crippen molar-refractivity contribution in [3.05, 3.63) is 84.2 Å². The van der Waals surface area contributed by atoms with Gasteiger partial charge in [-0.1, -0.05) is 43.0 Å². The molecule has 1 aliphatic heterocycles. The summed E-state index contributed by atoms with van der Waals surface area (Å²) in [5.41, 5.74) is 14.7. The predicted octanol–water partition coefficient (Wildman–Crippen LogP) is 5.50. The number of nitrogen functional groups attached to an aromatic ring is 1. The quantitative estimate of drug-likeness (QED) is 0.330. The van der Waals surface area contributed by atoms with Gasteiger partial charge in [0.1, 0.15) is 17.8 Å². The van der Waals surface area contributed by atoms with Crippen molar-refractivity contribution in [1.82, 2.24) is 14.5 Å². The van der Waals surface area contributed by atoms with Crippen LogP contribution in [-0.4, -0.2) is 32.9 Å². The number of benzene rings is 2. The molecule has 0 bridgehead atoms. The second-order valence-electron chi connectivity index (χ2n) is 10.6. The molecule has 3 N–H and O–H groups in total. The number of hydrogen-bond acceptors (Lipinski definition) is 5. The van der Waals surface area contributed by atoms with E-state index < -0.39 is 0 Å². The summed E-state index contributed by atoms with van der Waals surface area (Å²) in [7, 11) is 1.98. The van der Waals surface area contributed by atoms with Crippen LogP contribution in [-0.2, 0) is 23.1 Å². The summed E-state index contributed by atoms with van der Waals surface area (Å²) < 4.78 is 2.05. The van der Waals surface area contributed by atoms with Gasteiger partial charge in [-0.25, -0.2) is 9.97 Å². The molecule has 2 aromatic carbocycles. The maximum absolute atomic E-state index is 13.5. The first-order valence-corrected chi connectivity index (χ1v) is 13.6. The van der Waals surface area contributed by atoms with Crippen molar-refractivity contribution in [2.24, 2.45) is 13.0 Å². The summed E-state index contributed by atoms with van der Waals surface area (Å²) in [6.07, 6.45) is 6.77. The fourth-order valence-corrected chi connectivity index (χ4v) is 5.95. The average molecular weight is 533 g/mol. The third kappa shape index (κ3) is 4.35. The number of nitrogens with one attached hydrogen (secondary N) is 1. The molecule has 1 atom stereocenters. The molecule has 8 heteroatoms. The van der Waals surface area contributed by atoms with E-state index in [1.807, 2.05) is 59.0 Å². The molecule has 202 valence electrons. The van der Waals surface area contributed by atoms with Gasteiger partial charge in [-0.05, 0) is 67.5 Å². The van der Waals surface area contributed by atoms with Crippen molar-refractivity contribution < 1.29 is 9.59 Å². The minimum Gasteiger partial charge on any atom is -0.383 e. The van der Waals surface area contributed by atoms with E-state index >= 15 is 0 Å². The number of aryl methyl sites for hydroxylation is 1. The SMILES string of the molecule is C=C(C)C(=O)Nc1ccc(-c2c(C3=CC[C@H](C(=O)N4CCc5ccccc54)CC3)c3c(N)ncnc3n2C)cc1. The molecule has 8 nitrogen and oxygen atoms in total. The Balaban J connectivity index is 1.34. The molecular weight excluding hydrogens is 500 g/mol. The molecule has 2 aliphatic rings. The summed E-state index contributed by atoms with van der Waals surface area (Å²) in [6.45, 7) is 6.13. The van der Waals surface area contributed by atoms with Crippen molar-refractivity contribution in [2.75, 3.05) is 22.5 Å². The third-order valence-corrected chi connectivity index (χ3v) is 8.03. The monoisotopic (exact) mass is 532 g/mol. The summed E-state index contributed by atoms with van der Waals surface area (Å²) in [6, 6.07) is 15.9. The van der Waals surface area contributed by atoms with Gasteiger partial charge >= 0.3 is 0 Å². The zero-order valence-electron chi connectivity index (χ0n) is 22.8. The fourth-order valence-electron chi connectivity index (χ4n) is 5.95. The second-order valence-corrected chi connectivity index (χ2v) is 10.6. The number of carbonyl (C=O) groups excluding carboxylic acids is 2. The first kappa shape index (κ1) is 25.6. The van der Waals surface area contributed by atoms with Gasteiger partial charge in [-0.3, -0.25) is 9.59 Å². The molecule has 0 saturated heterocycles. The molecule has 6 rings (SSSR count). The Morgan fingerprint density at radius 1 is 1.07 bits per heavy atom. The molecular formula is C32H32N6O2. The molecule has 0 unspecified atom stereocenters. The molecule has 0 spiro atoms. The number of fused-ring (bicyclic) bond motifs is 2. The van der Waals surface area contributed by atoms with Crippen LogP contribution in [0.5, 0.6) is 0 Å². The summed E-state index contributed by atoms with van der Waals surface area (Å²) in [4.78, 5) is 36.4. The van der Waals surface area contributed by atoms with Gasteiger partial charge in [-0.2, -0.15) is 0 Å². The summed E-state index contributed by atoms with van der Waals surface area (Å²) in [5.74, 6) is 0.363. The number of hydrogen-bond donors (Lipinski definition) is 2. The molecule has 4 aromatic rings. The lowest BCUT2D eigenvalue weighted by atomic mass is 9.84. The number of amides is 2. The lowest BCUT2D eigenvalue weighted by molar-refractivity contribution is -0.122. The topological polar surface area (TPSA) is 106 Å². The fraction of sp³-hybridized carbons (Fsp3) is 0.250. The van der Waals surface area contributed by atoms with Crippen LogP contribution in [0.2, 0.25) is 0 Å². The van der Waals surface area contributed by atoms with Crippen molar-refractivity contribution in [3.8, 4) is 11.3 Å². The van der Waals surface area contributed by atoms with E-state index in [9.17, 15) is 9.59 Å². The highest BCUT2D eigenvalue weighted by Crippen LogP contribution is 2.43. The highest BCUT2D eigenvalue weighted by atomic mass is 16.2. The van der Waals surface area contributed by atoms with Crippen molar-refractivity contribution in [2.45, 2.75) is 32.6 Å². The van der Waals surface area contributed by atoms with Crippen molar-refractivity contribution in [1.29, 1.82) is 0 Å². The second kappa shape index (κ2) is 10.1. The molecule has 1 aliphatic carbocycles. The Labute approximate surface area is 233 Å². The highest BCUT2D eigenvalue weighted by Gasteiger charge is 2.32. The smallest absolute Gasteiger partial charge is 0.250 e. The van der Waals surface area contributed by atoms with E-state index in [0.717, 1.165) is 64.9 Å². The number of carbonyl (C=O) groups is 2. The van der Waals surface area contributed by atoms with Crippen molar-refractivity contribution in [3.63, 3.8) is 0 Å². The van der Waals surface area contributed by atoms with Gasteiger partial charge in [-0.15, -0.1) is 0 Å². The lowest BCUT2D eigenvalue weighted by Gasteiger charge is -2.27. The van der Waals surface area contributed by atoms with E-state index in [1.54, 1.807) is 6.92 Å². The largest absolute Gasteiger partial charge is 0.383 e. The minimum atomic E-state index is -0.213. The Bertz CT molecular complexity index is 1700. The number of para-hydroxylation sites is 1. The summed E-state index contributed by atoms with van der Waals surface area (Å²) in [5, 5.41) is 3.68. The average Bonchev–Trinajstić information content (AvgIpc) is 3.53. The van der Waals surface area contributed by atoms with E-state index in [2.05, 4.69) is 34.0 Å². The molecule has 3 heterocycles.